The third kappa shape index (κ3) is 6.16. The average molecular weight is 491 g/mol. The number of methoxy groups -OCH3 is 1. The minimum Gasteiger partial charge on any atom is -0.496 e. The zero-order valence-corrected chi connectivity index (χ0v) is 21.4. The lowest BCUT2D eigenvalue weighted by molar-refractivity contribution is -0.126. The molecule has 0 bridgehead atoms. The smallest absolute Gasteiger partial charge is 0.223 e. The maximum Gasteiger partial charge on any atom is 0.223 e. The summed E-state index contributed by atoms with van der Waals surface area (Å²) in [5.41, 5.74) is 3.75. The molecule has 0 aliphatic carbocycles. The molecule has 1 saturated heterocycles. The summed E-state index contributed by atoms with van der Waals surface area (Å²) in [6.07, 6.45) is 0.945. The van der Waals surface area contributed by atoms with Crippen molar-refractivity contribution >= 4 is 15.9 Å². The second-order valence-corrected chi connectivity index (χ2v) is 11.4. The number of amides is 1. The van der Waals surface area contributed by atoms with Gasteiger partial charge < -0.3 is 10.1 Å². The van der Waals surface area contributed by atoms with Crippen LogP contribution in [0.25, 0.3) is 0 Å². The van der Waals surface area contributed by atoms with Crippen LogP contribution in [-0.2, 0) is 20.6 Å². The van der Waals surface area contributed by atoms with E-state index in [-0.39, 0.29) is 23.6 Å². The molecule has 1 N–H and O–H groups in total. The Balaban J connectivity index is 1.60. The molecular weight excluding hydrogens is 455 g/mol. The summed E-state index contributed by atoms with van der Waals surface area (Å²) in [5, 5.41) is 3.13. The molecule has 1 aliphatic rings. The van der Waals surface area contributed by atoms with Crippen molar-refractivity contribution in [1.29, 1.82) is 0 Å². The largest absolute Gasteiger partial charge is 0.496 e. The normalized spacial score (nSPS) is 16.4. The van der Waals surface area contributed by atoms with Crippen LogP contribution in [0, 0.1) is 18.7 Å². The zero-order valence-electron chi connectivity index (χ0n) is 20.6. The first-order valence-corrected chi connectivity index (χ1v) is 13.3. The van der Waals surface area contributed by atoms with Crippen molar-refractivity contribution in [1.82, 2.24) is 9.62 Å². The lowest BCUT2D eigenvalue weighted by atomic mass is 9.92. The van der Waals surface area contributed by atoms with E-state index in [0.717, 1.165) is 22.4 Å². The van der Waals surface area contributed by atoms with Gasteiger partial charge in [0.25, 0.3) is 0 Å². The molecule has 0 spiro atoms. The maximum atomic E-state index is 13.1. The van der Waals surface area contributed by atoms with Crippen LogP contribution >= 0.6 is 0 Å². The van der Waals surface area contributed by atoms with Crippen LogP contribution in [0.1, 0.15) is 67.8 Å². The molecular formula is C26H35FN2O4S. The summed E-state index contributed by atoms with van der Waals surface area (Å²) < 4.78 is 45.6. The van der Waals surface area contributed by atoms with Gasteiger partial charge in [-0.25, -0.2) is 17.1 Å². The Bertz CT molecular complexity index is 1110. The lowest BCUT2D eigenvalue weighted by Gasteiger charge is -2.31. The third-order valence-corrected chi connectivity index (χ3v) is 8.40. The summed E-state index contributed by atoms with van der Waals surface area (Å²) in [7, 11) is -1.86. The van der Waals surface area contributed by atoms with Crippen LogP contribution in [0.2, 0.25) is 0 Å². The number of hydrogen-bond acceptors (Lipinski definition) is 4. The number of carbonyl (C=O) groups excluding carboxylic acids is 1. The molecule has 1 fully saturated rings. The number of aryl methyl sites for hydroxylation is 1. The minimum absolute atomic E-state index is 0.0515. The first-order valence-electron chi connectivity index (χ1n) is 11.7. The van der Waals surface area contributed by atoms with Crippen molar-refractivity contribution in [2.75, 3.05) is 20.2 Å². The Hall–Kier alpha value is -2.45. The summed E-state index contributed by atoms with van der Waals surface area (Å²) in [6.45, 7) is 8.80. The summed E-state index contributed by atoms with van der Waals surface area (Å²) in [6, 6.07) is 9.44. The maximum absolute atomic E-state index is 13.1. The van der Waals surface area contributed by atoms with E-state index in [1.807, 2.05) is 19.9 Å². The fourth-order valence-electron chi connectivity index (χ4n) is 4.50. The number of halogens is 1. The summed E-state index contributed by atoms with van der Waals surface area (Å²) >= 11 is 0. The van der Waals surface area contributed by atoms with Crippen molar-refractivity contribution in [3.8, 4) is 5.75 Å². The number of rotatable bonds is 8. The minimum atomic E-state index is -3.52. The van der Waals surface area contributed by atoms with Crippen molar-refractivity contribution in [2.45, 2.75) is 58.2 Å². The Kier molecular flexibility index (Phi) is 8.36. The molecule has 1 aliphatic heterocycles. The van der Waals surface area contributed by atoms with Crippen molar-refractivity contribution in [2.24, 2.45) is 5.92 Å². The molecule has 2 aromatic rings. The van der Waals surface area contributed by atoms with E-state index in [1.54, 1.807) is 7.11 Å². The molecule has 186 valence electrons. The van der Waals surface area contributed by atoms with Gasteiger partial charge in [0, 0.05) is 19.0 Å². The van der Waals surface area contributed by atoms with Gasteiger partial charge in [0.1, 0.15) is 11.6 Å². The monoisotopic (exact) mass is 490 g/mol. The van der Waals surface area contributed by atoms with Crippen LogP contribution in [0.4, 0.5) is 4.39 Å². The van der Waals surface area contributed by atoms with E-state index in [1.165, 1.54) is 28.6 Å². The van der Waals surface area contributed by atoms with E-state index >= 15 is 0 Å². The standard InChI is InChI=1S/C26H35FN2O4S/c1-17(2)23-15-24(18(3)14-25(23)33-5)19(4)28-26(30)21-10-12-29(13-11-21)34(31,32)16-20-6-8-22(27)9-7-20/h6-9,14-15,17,19,21H,10-13,16H2,1-5H3,(H,28,30). The van der Waals surface area contributed by atoms with Gasteiger partial charge in [-0.2, -0.15) is 0 Å². The van der Waals surface area contributed by atoms with Crippen molar-refractivity contribution in [3.05, 3.63) is 64.5 Å². The van der Waals surface area contributed by atoms with Gasteiger partial charge in [-0.05, 0) is 79.1 Å². The molecule has 1 unspecified atom stereocenters. The van der Waals surface area contributed by atoms with Crippen LogP contribution in [0.5, 0.6) is 5.75 Å². The molecule has 2 aromatic carbocycles. The van der Waals surface area contributed by atoms with Gasteiger partial charge in [0.2, 0.25) is 15.9 Å². The van der Waals surface area contributed by atoms with Gasteiger partial charge in [-0.1, -0.05) is 26.0 Å². The highest BCUT2D eigenvalue weighted by atomic mass is 32.2. The zero-order chi connectivity index (χ0) is 25.0. The fourth-order valence-corrected chi connectivity index (χ4v) is 6.06. The second-order valence-electron chi connectivity index (χ2n) is 9.39. The Labute approximate surface area is 202 Å². The van der Waals surface area contributed by atoms with E-state index in [2.05, 4.69) is 25.2 Å². The molecule has 0 radical (unpaired) electrons. The van der Waals surface area contributed by atoms with Gasteiger partial charge in [0.15, 0.2) is 0 Å². The molecule has 0 saturated carbocycles. The SMILES string of the molecule is COc1cc(C)c(C(C)NC(=O)C2CCN(S(=O)(=O)Cc3ccc(F)cc3)CC2)cc1C(C)C. The van der Waals surface area contributed by atoms with E-state index < -0.39 is 15.8 Å². The van der Waals surface area contributed by atoms with E-state index in [4.69, 9.17) is 4.74 Å². The number of benzene rings is 2. The number of hydrogen-bond donors (Lipinski definition) is 1. The Morgan fingerprint density at radius 1 is 1.12 bits per heavy atom. The quantitative estimate of drug-likeness (QED) is 0.583. The fraction of sp³-hybridized carbons (Fsp3) is 0.500. The van der Waals surface area contributed by atoms with E-state index in [9.17, 15) is 17.6 Å². The molecule has 8 heteroatoms. The van der Waals surface area contributed by atoms with Crippen LogP contribution in [-0.4, -0.2) is 38.8 Å². The highest BCUT2D eigenvalue weighted by Gasteiger charge is 2.32. The first kappa shape index (κ1) is 26.2. The molecule has 1 atom stereocenters. The van der Waals surface area contributed by atoms with Gasteiger partial charge >= 0.3 is 0 Å². The topological polar surface area (TPSA) is 75.7 Å². The number of piperidine rings is 1. The van der Waals surface area contributed by atoms with Gasteiger partial charge in [-0.3, -0.25) is 4.79 Å². The summed E-state index contributed by atoms with van der Waals surface area (Å²) in [5.74, 6) is 0.290. The summed E-state index contributed by atoms with van der Waals surface area (Å²) in [4.78, 5) is 13.0. The van der Waals surface area contributed by atoms with Gasteiger partial charge in [0.05, 0.1) is 18.9 Å². The predicted molar refractivity (Wildman–Crippen MR) is 132 cm³/mol. The Morgan fingerprint density at radius 2 is 1.74 bits per heavy atom. The van der Waals surface area contributed by atoms with Crippen LogP contribution in [0.3, 0.4) is 0 Å². The molecule has 34 heavy (non-hydrogen) atoms. The molecule has 6 nitrogen and oxygen atoms in total. The number of ether oxygens (including phenoxy) is 1. The second kappa shape index (κ2) is 10.9. The highest BCUT2D eigenvalue weighted by Crippen LogP contribution is 2.32. The third-order valence-electron chi connectivity index (χ3n) is 6.55. The molecule has 3 rings (SSSR count). The number of nitrogens with one attached hydrogen (secondary N) is 1. The number of nitrogens with zero attached hydrogens (tertiary/aromatic N) is 1. The van der Waals surface area contributed by atoms with Crippen molar-refractivity contribution < 1.29 is 22.3 Å². The average Bonchev–Trinajstić information content (AvgIpc) is 2.79. The molecule has 0 aromatic heterocycles. The predicted octanol–water partition coefficient (Wildman–Crippen LogP) is 4.69. The van der Waals surface area contributed by atoms with Crippen LogP contribution in [0.15, 0.2) is 36.4 Å². The number of sulfonamides is 1. The molecule has 1 amide bonds. The van der Waals surface area contributed by atoms with Crippen molar-refractivity contribution in [3.63, 3.8) is 0 Å². The van der Waals surface area contributed by atoms with Gasteiger partial charge in [-0.15, -0.1) is 0 Å². The molecule has 1 heterocycles. The Morgan fingerprint density at radius 3 is 2.29 bits per heavy atom. The highest BCUT2D eigenvalue weighted by molar-refractivity contribution is 7.88. The lowest BCUT2D eigenvalue weighted by Crippen LogP contribution is -2.43. The number of carbonyl (C=O) groups is 1. The first-order chi connectivity index (χ1) is 16.0. The van der Waals surface area contributed by atoms with E-state index in [0.29, 0.717) is 37.4 Å². The van der Waals surface area contributed by atoms with Crippen LogP contribution < -0.4 is 10.1 Å².